The number of aryl methyl sites for hydroxylation is 2. The first-order valence-electron chi connectivity index (χ1n) is 8.64. The first-order chi connectivity index (χ1) is 11.7. The number of benzene rings is 1. The van der Waals surface area contributed by atoms with Crippen LogP contribution in [0.3, 0.4) is 0 Å². The molecule has 0 spiro atoms. The zero-order chi connectivity index (χ0) is 16.9. The lowest BCUT2D eigenvalue weighted by Crippen LogP contribution is -2.25. The van der Waals surface area contributed by atoms with Gasteiger partial charge in [-0.05, 0) is 58.0 Å². The Labute approximate surface area is 144 Å². The van der Waals surface area contributed by atoms with E-state index < -0.39 is 0 Å². The van der Waals surface area contributed by atoms with Crippen LogP contribution in [0.1, 0.15) is 24.2 Å². The number of anilines is 1. The molecular weight excluding hydrogens is 300 g/mol. The average molecular weight is 326 g/mol. The molecule has 1 N–H and O–H groups in total. The minimum atomic E-state index is 0.706. The summed E-state index contributed by atoms with van der Waals surface area (Å²) >= 11 is 0. The van der Waals surface area contributed by atoms with Crippen LogP contribution in [0.5, 0.6) is 5.75 Å². The quantitative estimate of drug-likeness (QED) is 0.883. The van der Waals surface area contributed by atoms with Gasteiger partial charge in [-0.1, -0.05) is 0 Å². The molecule has 0 unspecified atom stereocenters. The SMILES string of the molecule is CNc1ccc(OCCN2CCCC2)c(-c2c(C)ncnc2C)c1. The molecule has 1 aromatic heterocycles. The molecule has 2 aromatic rings. The molecule has 1 aromatic carbocycles. The Morgan fingerprint density at radius 1 is 1.12 bits per heavy atom. The van der Waals surface area contributed by atoms with Gasteiger partial charge in [-0.15, -0.1) is 0 Å². The van der Waals surface area contributed by atoms with Crippen LogP contribution in [0, 0.1) is 13.8 Å². The van der Waals surface area contributed by atoms with Crippen molar-refractivity contribution in [3.63, 3.8) is 0 Å². The Morgan fingerprint density at radius 3 is 2.50 bits per heavy atom. The minimum absolute atomic E-state index is 0.706. The molecule has 0 amide bonds. The normalized spacial score (nSPS) is 14.8. The third-order valence-corrected chi connectivity index (χ3v) is 4.63. The van der Waals surface area contributed by atoms with Gasteiger partial charge in [-0.3, -0.25) is 4.90 Å². The zero-order valence-electron chi connectivity index (χ0n) is 14.8. The molecule has 24 heavy (non-hydrogen) atoms. The van der Waals surface area contributed by atoms with Crippen molar-refractivity contribution in [1.29, 1.82) is 0 Å². The van der Waals surface area contributed by atoms with Gasteiger partial charge in [-0.2, -0.15) is 0 Å². The van der Waals surface area contributed by atoms with Gasteiger partial charge in [0, 0.05) is 41.8 Å². The number of hydrogen-bond acceptors (Lipinski definition) is 5. The summed E-state index contributed by atoms with van der Waals surface area (Å²) in [6.07, 6.45) is 4.23. The van der Waals surface area contributed by atoms with Crippen LogP contribution in [0.2, 0.25) is 0 Å². The second-order valence-corrected chi connectivity index (χ2v) is 6.28. The van der Waals surface area contributed by atoms with Crippen molar-refractivity contribution in [1.82, 2.24) is 14.9 Å². The Bertz CT molecular complexity index is 676. The van der Waals surface area contributed by atoms with Crippen LogP contribution in [0.4, 0.5) is 5.69 Å². The van der Waals surface area contributed by atoms with E-state index in [0.717, 1.165) is 40.5 Å². The molecule has 5 heteroatoms. The van der Waals surface area contributed by atoms with E-state index in [2.05, 4.69) is 26.3 Å². The Kier molecular flexibility index (Phi) is 5.30. The van der Waals surface area contributed by atoms with Crippen molar-refractivity contribution in [2.45, 2.75) is 26.7 Å². The van der Waals surface area contributed by atoms with Crippen LogP contribution in [-0.2, 0) is 0 Å². The second kappa shape index (κ2) is 7.62. The van der Waals surface area contributed by atoms with Crippen molar-refractivity contribution in [2.24, 2.45) is 0 Å². The summed E-state index contributed by atoms with van der Waals surface area (Å²) < 4.78 is 6.14. The third-order valence-electron chi connectivity index (χ3n) is 4.63. The minimum Gasteiger partial charge on any atom is -0.492 e. The smallest absolute Gasteiger partial charge is 0.127 e. The number of likely N-dealkylation sites (tertiary alicyclic amines) is 1. The molecule has 128 valence electrons. The van der Waals surface area contributed by atoms with Crippen molar-refractivity contribution < 1.29 is 4.74 Å². The van der Waals surface area contributed by atoms with E-state index in [1.54, 1.807) is 6.33 Å². The lowest BCUT2D eigenvalue weighted by atomic mass is 10.0. The molecule has 0 radical (unpaired) electrons. The lowest BCUT2D eigenvalue weighted by Gasteiger charge is -2.18. The Hall–Kier alpha value is -2.14. The van der Waals surface area contributed by atoms with Crippen molar-refractivity contribution in [3.8, 4) is 16.9 Å². The zero-order valence-corrected chi connectivity index (χ0v) is 14.8. The van der Waals surface area contributed by atoms with Gasteiger partial charge in [0.15, 0.2) is 0 Å². The van der Waals surface area contributed by atoms with E-state index in [9.17, 15) is 0 Å². The van der Waals surface area contributed by atoms with E-state index in [0.29, 0.717) is 6.61 Å². The predicted octanol–water partition coefficient (Wildman–Crippen LogP) is 3.28. The molecule has 0 bridgehead atoms. The van der Waals surface area contributed by atoms with Crippen LogP contribution >= 0.6 is 0 Å². The fourth-order valence-corrected chi connectivity index (χ4v) is 3.28. The topological polar surface area (TPSA) is 50.3 Å². The second-order valence-electron chi connectivity index (χ2n) is 6.28. The number of nitrogens with one attached hydrogen (secondary N) is 1. The van der Waals surface area contributed by atoms with E-state index >= 15 is 0 Å². The van der Waals surface area contributed by atoms with E-state index in [1.807, 2.05) is 33.0 Å². The van der Waals surface area contributed by atoms with Crippen molar-refractivity contribution >= 4 is 5.69 Å². The van der Waals surface area contributed by atoms with Crippen LogP contribution in [0.25, 0.3) is 11.1 Å². The van der Waals surface area contributed by atoms with Crippen LogP contribution < -0.4 is 10.1 Å². The molecule has 0 atom stereocenters. The summed E-state index contributed by atoms with van der Waals surface area (Å²) in [7, 11) is 1.92. The fourth-order valence-electron chi connectivity index (χ4n) is 3.28. The highest BCUT2D eigenvalue weighted by Crippen LogP contribution is 2.35. The maximum absolute atomic E-state index is 6.14. The number of hydrogen-bond donors (Lipinski definition) is 1. The van der Waals surface area contributed by atoms with Crippen molar-refractivity contribution in [2.75, 3.05) is 38.6 Å². The van der Waals surface area contributed by atoms with Gasteiger partial charge >= 0.3 is 0 Å². The molecule has 0 saturated carbocycles. The highest BCUT2D eigenvalue weighted by molar-refractivity contribution is 5.77. The molecule has 1 fully saturated rings. The fraction of sp³-hybridized carbons (Fsp3) is 0.474. The van der Waals surface area contributed by atoms with Gasteiger partial charge in [0.2, 0.25) is 0 Å². The maximum Gasteiger partial charge on any atom is 0.127 e. The largest absolute Gasteiger partial charge is 0.492 e. The number of ether oxygens (including phenoxy) is 1. The highest BCUT2D eigenvalue weighted by atomic mass is 16.5. The summed E-state index contributed by atoms with van der Waals surface area (Å²) in [4.78, 5) is 11.2. The molecule has 5 nitrogen and oxygen atoms in total. The highest BCUT2D eigenvalue weighted by Gasteiger charge is 2.15. The third kappa shape index (κ3) is 3.67. The Morgan fingerprint density at radius 2 is 1.83 bits per heavy atom. The van der Waals surface area contributed by atoms with Crippen LogP contribution in [-0.4, -0.2) is 48.2 Å². The average Bonchev–Trinajstić information content (AvgIpc) is 3.09. The number of nitrogens with zero attached hydrogens (tertiary/aromatic N) is 3. The lowest BCUT2D eigenvalue weighted by molar-refractivity contribution is 0.238. The van der Waals surface area contributed by atoms with Crippen LogP contribution in [0.15, 0.2) is 24.5 Å². The molecule has 2 heterocycles. The van der Waals surface area contributed by atoms with E-state index in [-0.39, 0.29) is 0 Å². The summed E-state index contributed by atoms with van der Waals surface area (Å²) in [6, 6.07) is 6.20. The summed E-state index contributed by atoms with van der Waals surface area (Å²) in [5.41, 5.74) is 5.12. The maximum atomic E-state index is 6.14. The monoisotopic (exact) mass is 326 g/mol. The summed E-state index contributed by atoms with van der Waals surface area (Å²) in [5.74, 6) is 0.897. The molecular formula is C19H26N4O. The number of aromatic nitrogens is 2. The van der Waals surface area contributed by atoms with Gasteiger partial charge < -0.3 is 10.1 Å². The molecule has 0 aliphatic carbocycles. The van der Waals surface area contributed by atoms with Gasteiger partial charge in [0.05, 0.1) is 0 Å². The predicted molar refractivity (Wildman–Crippen MR) is 97.7 cm³/mol. The molecule has 3 rings (SSSR count). The molecule has 1 aliphatic heterocycles. The van der Waals surface area contributed by atoms with E-state index in [4.69, 9.17) is 4.74 Å². The van der Waals surface area contributed by atoms with Gasteiger partial charge in [0.1, 0.15) is 18.7 Å². The molecule has 1 aliphatic rings. The first-order valence-corrected chi connectivity index (χ1v) is 8.64. The van der Waals surface area contributed by atoms with E-state index in [1.165, 1.54) is 25.9 Å². The number of rotatable bonds is 6. The summed E-state index contributed by atoms with van der Waals surface area (Å²) in [6.45, 7) is 8.11. The van der Waals surface area contributed by atoms with Crippen molar-refractivity contribution in [3.05, 3.63) is 35.9 Å². The Balaban J connectivity index is 1.85. The van der Waals surface area contributed by atoms with Gasteiger partial charge in [-0.25, -0.2) is 9.97 Å². The van der Waals surface area contributed by atoms with Gasteiger partial charge in [0.25, 0.3) is 0 Å². The standard InChI is InChI=1S/C19H26N4O/c1-14-19(15(2)22-13-21-14)17-12-16(20-3)6-7-18(17)24-11-10-23-8-4-5-9-23/h6-7,12-13,20H,4-5,8-11H2,1-3H3. The molecule has 1 saturated heterocycles. The summed E-state index contributed by atoms with van der Waals surface area (Å²) in [5, 5.41) is 3.20. The first kappa shape index (κ1) is 16.7.